The predicted molar refractivity (Wildman–Crippen MR) is 99.2 cm³/mol. The van der Waals surface area contributed by atoms with Crippen LogP contribution in [0.1, 0.15) is 35.4 Å². The third-order valence-electron chi connectivity index (χ3n) is 4.75. The van der Waals surface area contributed by atoms with Crippen molar-refractivity contribution < 1.29 is 9.53 Å². The van der Waals surface area contributed by atoms with Gasteiger partial charge in [-0.1, -0.05) is 12.1 Å². The third-order valence-corrected chi connectivity index (χ3v) is 4.75. The van der Waals surface area contributed by atoms with E-state index in [2.05, 4.69) is 66.3 Å². The number of amides is 2. The normalized spacial score (nSPS) is 16.8. The standard InChI is InChI=1S/C20H27N3O2/c1-14-6-4-7-18(10-14)23-15(2)11-17(16(23)3)12-21-20(24)22-13-19-8-5-9-25-19/h4,6-7,10-11,19H,5,8-9,12-13H2,1-3H3,(H2,21,22,24). The molecule has 0 spiro atoms. The summed E-state index contributed by atoms with van der Waals surface area (Å²) in [5.41, 5.74) is 5.84. The van der Waals surface area contributed by atoms with Crippen molar-refractivity contribution >= 4 is 6.03 Å². The van der Waals surface area contributed by atoms with E-state index in [1.807, 2.05) is 0 Å². The highest BCUT2D eigenvalue weighted by atomic mass is 16.5. The number of hydrogen-bond acceptors (Lipinski definition) is 2. The van der Waals surface area contributed by atoms with Gasteiger partial charge in [0.15, 0.2) is 0 Å². The average Bonchev–Trinajstić information content (AvgIpc) is 3.19. The number of aromatic nitrogens is 1. The quantitative estimate of drug-likeness (QED) is 0.876. The Bertz CT molecular complexity index is 745. The summed E-state index contributed by atoms with van der Waals surface area (Å²) in [7, 11) is 0. The molecule has 5 nitrogen and oxygen atoms in total. The first-order chi connectivity index (χ1) is 12.0. The average molecular weight is 341 g/mol. The lowest BCUT2D eigenvalue weighted by atomic mass is 10.2. The van der Waals surface area contributed by atoms with E-state index in [1.54, 1.807) is 0 Å². The zero-order chi connectivity index (χ0) is 17.8. The molecule has 1 atom stereocenters. The van der Waals surface area contributed by atoms with E-state index < -0.39 is 0 Å². The van der Waals surface area contributed by atoms with Crippen LogP contribution in [0.25, 0.3) is 5.69 Å². The summed E-state index contributed by atoms with van der Waals surface area (Å²) in [6, 6.07) is 10.4. The highest BCUT2D eigenvalue weighted by molar-refractivity contribution is 5.73. The first kappa shape index (κ1) is 17.5. The van der Waals surface area contributed by atoms with Crippen molar-refractivity contribution in [3.05, 3.63) is 52.8 Å². The van der Waals surface area contributed by atoms with Crippen LogP contribution in [0.15, 0.2) is 30.3 Å². The van der Waals surface area contributed by atoms with Crippen LogP contribution in [0.2, 0.25) is 0 Å². The Balaban J connectivity index is 1.61. The van der Waals surface area contributed by atoms with Crippen LogP contribution in [0, 0.1) is 20.8 Å². The van der Waals surface area contributed by atoms with Crippen LogP contribution < -0.4 is 10.6 Å². The fourth-order valence-electron chi connectivity index (χ4n) is 3.42. The maximum absolute atomic E-state index is 12.0. The summed E-state index contributed by atoms with van der Waals surface area (Å²) in [5, 5.41) is 5.84. The molecule has 1 aliphatic rings. The molecule has 0 aliphatic carbocycles. The molecule has 1 saturated heterocycles. The van der Waals surface area contributed by atoms with Crippen LogP contribution in [0.4, 0.5) is 4.79 Å². The minimum absolute atomic E-state index is 0.143. The van der Waals surface area contributed by atoms with Crippen molar-refractivity contribution in [1.82, 2.24) is 15.2 Å². The second-order valence-electron chi connectivity index (χ2n) is 6.77. The van der Waals surface area contributed by atoms with Gasteiger partial charge in [0.2, 0.25) is 0 Å². The molecule has 1 unspecified atom stereocenters. The monoisotopic (exact) mass is 341 g/mol. The van der Waals surface area contributed by atoms with E-state index in [-0.39, 0.29) is 12.1 Å². The molecule has 1 aromatic carbocycles. The Morgan fingerprint density at radius 1 is 1.24 bits per heavy atom. The van der Waals surface area contributed by atoms with Crippen molar-refractivity contribution in [1.29, 1.82) is 0 Å². The number of hydrogen-bond donors (Lipinski definition) is 2. The molecule has 0 bridgehead atoms. The fraction of sp³-hybridized carbons (Fsp3) is 0.450. The lowest BCUT2D eigenvalue weighted by Gasteiger charge is -2.12. The van der Waals surface area contributed by atoms with Gasteiger partial charge in [-0.25, -0.2) is 4.79 Å². The molecule has 2 heterocycles. The molecule has 1 aliphatic heterocycles. The Kier molecular flexibility index (Phi) is 5.43. The zero-order valence-corrected chi connectivity index (χ0v) is 15.3. The Labute approximate surface area is 149 Å². The number of nitrogens with zero attached hydrogens (tertiary/aromatic N) is 1. The van der Waals surface area contributed by atoms with E-state index in [1.165, 1.54) is 11.3 Å². The van der Waals surface area contributed by atoms with E-state index in [0.29, 0.717) is 13.1 Å². The molecule has 1 aromatic heterocycles. The van der Waals surface area contributed by atoms with E-state index in [4.69, 9.17) is 4.74 Å². The third kappa shape index (κ3) is 4.23. The minimum atomic E-state index is -0.143. The van der Waals surface area contributed by atoms with Gasteiger partial charge in [0, 0.05) is 36.8 Å². The SMILES string of the molecule is Cc1cccc(-n2c(C)cc(CNC(=O)NCC3CCCO3)c2C)c1. The van der Waals surface area contributed by atoms with Crippen molar-refractivity contribution in [3.63, 3.8) is 0 Å². The molecule has 0 radical (unpaired) electrons. The van der Waals surface area contributed by atoms with Crippen LogP contribution in [0.3, 0.4) is 0 Å². The van der Waals surface area contributed by atoms with Gasteiger partial charge < -0.3 is 19.9 Å². The minimum Gasteiger partial charge on any atom is -0.376 e. The predicted octanol–water partition coefficient (Wildman–Crippen LogP) is 3.38. The van der Waals surface area contributed by atoms with Crippen LogP contribution in [-0.4, -0.2) is 29.9 Å². The summed E-state index contributed by atoms with van der Waals surface area (Å²) in [6.45, 7) is 8.18. The van der Waals surface area contributed by atoms with Crippen LogP contribution in [0.5, 0.6) is 0 Å². The van der Waals surface area contributed by atoms with Gasteiger partial charge >= 0.3 is 6.03 Å². The van der Waals surface area contributed by atoms with Gasteiger partial charge in [-0.15, -0.1) is 0 Å². The number of carbonyl (C=O) groups is 1. The fourth-order valence-corrected chi connectivity index (χ4v) is 3.42. The Morgan fingerprint density at radius 3 is 2.80 bits per heavy atom. The molecule has 0 saturated carbocycles. The summed E-state index contributed by atoms with van der Waals surface area (Å²) in [6.07, 6.45) is 2.27. The molecule has 5 heteroatoms. The lowest BCUT2D eigenvalue weighted by Crippen LogP contribution is -2.39. The van der Waals surface area contributed by atoms with Gasteiger partial charge in [-0.2, -0.15) is 0 Å². The summed E-state index contributed by atoms with van der Waals surface area (Å²) in [4.78, 5) is 12.0. The molecule has 134 valence electrons. The van der Waals surface area contributed by atoms with E-state index >= 15 is 0 Å². The molecule has 25 heavy (non-hydrogen) atoms. The van der Waals surface area contributed by atoms with Crippen LogP contribution >= 0.6 is 0 Å². The van der Waals surface area contributed by atoms with Gasteiger partial charge in [-0.05, 0) is 62.9 Å². The van der Waals surface area contributed by atoms with Crippen molar-refractivity contribution in [2.24, 2.45) is 0 Å². The lowest BCUT2D eigenvalue weighted by molar-refractivity contribution is 0.111. The summed E-state index contributed by atoms with van der Waals surface area (Å²) >= 11 is 0. The topological polar surface area (TPSA) is 55.3 Å². The Hall–Kier alpha value is -2.27. The summed E-state index contributed by atoms with van der Waals surface area (Å²) in [5.74, 6) is 0. The molecule has 2 N–H and O–H groups in total. The number of nitrogens with one attached hydrogen (secondary N) is 2. The second kappa shape index (κ2) is 7.74. The van der Waals surface area contributed by atoms with Gasteiger partial charge in [0.25, 0.3) is 0 Å². The second-order valence-corrected chi connectivity index (χ2v) is 6.77. The zero-order valence-electron chi connectivity index (χ0n) is 15.3. The van der Waals surface area contributed by atoms with E-state index in [0.717, 1.165) is 36.4 Å². The molecule has 2 amide bonds. The maximum atomic E-state index is 12.0. The largest absolute Gasteiger partial charge is 0.376 e. The van der Waals surface area contributed by atoms with Gasteiger partial charge in [0.1, 0.15) is 0 Å². The maximum Gasteiger partial charge on any atom is 0.315 e. The van der Waals surface area contributed by atoms with Gasteiger partial charge in [0.05, 0.1) is 6.10 Å². The number of rotatable bonds is 5. The van der Waals surface area contributed by atoms with E-state index in [9.17, 15) is 4.79 Å². The number of urea groups is 1. The number of aryl methyl sites for hydroxylation is 2. The van der Waals surface area contributed by atoms with Crippen LogP contribution in [-0.2, 0) is 11.3 Å². The highest BCUT2D eigenvalue weighted by Gasteiger charge is 2.16. The molecule has 2 aromatic rings. The molecule has 3 rings (SSSR count). The summed E-state index contributed by atoms with van der Waals surface area (Å²) < 4.78 is 7.75. The van der Waals surface area contributed by atoms with Crippen molar-refractivity contribution in [2.45, 2.75) is 46.3 Å². The first-order valence-corrected chi connectivity index (χ1v) is 8.93. The molecular formula is C20H27N3O2. The van der Waals surface area contributed by atoms with Crippen molar-refractivity contribution in [3.8, 4) is 5.69 Å². The molecule has 1 fully saturated rings. The number of ether oxygens (including phenoxy) is 1. The van der Waals surface area contributed by atoms with Gasteiger partial charge in [-0.3, -0.25) is 0 Å². The number of carbonyl (C=O) groups excluding carboxylic acids is 1. The Morgan fingerprint density at radius 2 is 2.08 bits per heavy atom. The first-order valence-electron chi connectivity index (χ1n) is 8.93. The van der Waals surface area contributed by atoms with Crippen molar-refractivity contribution in [2.75, 3.05) is 13.2 Å². The highest BCUT2D eigenvalue weighted by Crippen LogP contribution is 2.21. The molecular weight excluding hydrogens is 314 g/mol. The smallest absolute Gasteiger partial charge is 0.315 e. The number of benzene rings is 1.